The molecule has 0 spiro atoms. The van der Waals surface area contributed by atoms with Gasteiger partial charge in [-0.2, -0.15) is 0 Å². The third-order valence-corrected chi connectivity index (χ3v) is 2.71. The lowest BCUT2D eigenvalue weighted by Gasteiger charge is -2.08. The van der Waals surface area contributed by atoms with Crippen molar-refractivity contribution in [2.75, 3.05) is 6.54 Å². The molecule has 70 valence electrons. The van der Waals surface area contributed by atoms with Crippen LogP contribution in [0.1, 0.15) is 19.3 Å². The summed E-state index contributed by atoms with van der Waals surface area (Å²) in [5, 5.41) is 3.22. The Morgan fingerprint density at radius 3 is 3.23 bits per heavy atom. The topological polar surface area (TPSA) is 55.1 Å². The summed E-state index contributed by atoms with van der Waals surface area (Å²) in [6.07, 6.45) is 7.45. The Morgan fingerprint density at radius 1 is 1.62 bits per heavy atom. The van der Waals surface area contributed by atoms with Crippen LogP contribution in [-0.2, 0) is 4.79 Å². The van der Waals surface area contributed by atoms with Gasteiger partial charge in [0.05, 0.1) is 5.92 Å². The molecule has 2 aliphatic rings. The van der Waals surface area contributed by atoms with Crippen molar-refractivity contribution in [2.45, 2.75) is 19.3 Å². The van der Waals surface area contributed by atoms with Gasteiger partial charge in [0, 0.05) is 12.2 Å². The Labute approximate surface area is 77.7 Å². The second-order valence-corrected chi connectivity index (χ2v) is 3.57. The first kappa shape index (κ1) is 8.35. The highest BCUT2D eigenvalue weighted by molar-refractivity contribution is 5.81. The van der Waals surface area contributed by atoms with E-state index in [0.29, 0.717) is 6.54 Å². The van der Waals surface area contributed by atoms with Crippen LogP contribution in [0.3, 0.4) is 0 Å². The molecule has 0 radical (unpaired) electrons. The van der Waals surface area contributed by atoms with Crippen LogP contribution in [0.15, 0.2) is 23.4 Å². The van der Waals surface area contributed by atoms with Gasteiger partial charge in [0.25, 0.3) is 0 Å². The van der Waals surface area contributed by atoms with E-state index in [2.05, 4.69) is 17.5 Å². The largest absolute Gasteiger partial charge is 0.384 e. The van der Waals surface area contributed by atoms with Gasteiger partial charge in [-0.15, -0.1) is 0 Å². The maximum Gasteiger partial charge on any atom is 0.226 e. The molecule has 1 unspecified atom stereocenters. The Hall–Kier alpha value is -1.25. The number of nitrogens with two attached hydrogens (primary N) is 1. The summed E-state index contributed by atoms with van der Waals surface area (Å²) < 4.78 is 0. The van der Waals surface area contributed by atoms with Crippen LogP contribution in [-0.4, -0.2) is 12.5 Å². The number of carbonyl (C=O) groups is 1. The number of allylic oxidation sites excluding steroid dienone is 2. The van der Waals surface area contributed by atoms with Crippen molar-refractivity contribution in [3.63, 3.8) is 0 Å². The van der Waals surface area contributed by atoms with Gasteiger partial charge >= 0.3 is 0 Å². The van der Waals surface area contributed by atoms with Crippen LogP contribution in [0.2, 0.25) is 0 Å². The number of nitrogens with one attached hydrogen (secondary N) is 1. The van der Waals surface area contributed by atoms with Crippen molar-refractivity contribution < 1.29 is 4.79 Å². The monoisotopic (exact) mass is 178 g/mol. The number of primary amides is 1. The molecule has 3 nitrogen and oxygen atoms in total. The SMILES string of the molecule is NC(=O)C1CNC2=C1CCCC=C2. The average molecular weight is 178 g/mol. The van der Waals surface area contributed by atoms with E-state index in [1.807, 2.05) is 0 Å². The van der Waals surface area contributed by atoms with Crippen molar-refractivity contribution in [1.29, 1.82) is 0 Å². The summed E-state index contributed by atoms with van der Waals surface area (Å²) in [6, 6.07) is 0. The molecule has 1 amide bonds. The average Bonchev–Trinajstić information content (AvgIpc) is 2.36. The van der Waals surface area contributed by atoms with Crippen LogP contribution in [0.5, 0.6) is 0 Å². The molecule has 0 aromatic heterocycles. The second kappa shape index (κ2) is 3.24. The summed E-state index contributed by atoms with van der Waals surface area (Å²) in [6.45, 7) is 0.685. The van der Waals surface area contributed by atoms with Crippen molar-refractivity contribution in [2.24, 2.45) is 11.7 Å². The quantitative estimate of drug-likeness (QED) is 0.620. The molecule has 1 aliphatic carbocycles. The highest BCUT2D eigenvalue weighted by atomic mass is 16.1. The lowest BCUT2D eigenvalue weighted by atomic mass is 9.96. The van der Waals surface area contributed by atoms with Crippen LogP contribution in [0, 0.1) is 5.92 Å². The summed E-state index contributed by atoms with van der Waals surface area (Å²) in [4.78, 5) is 11.1. The standard InChI is InChI=1S/C10H14N2O/c11-10(13)8-6-12-9-5-3-1-2-4-7(8)9/h3,5,8,12H,1-2,4,6H2,(H2,11,13). The minimum absolute atomic E-state index is 0.0715. The molecule has 0 aromatic rings. The van der Waals surface area contributed by atoms with Crippen LogP contribution in [0.25, 0.3) is 0 Å². The molecule has 0 fully saturated rings. The minimum Gasteiger partial charge on any atom is -0.384 e. The summed E-state index contributed by atoms with van der Waals surface area (Å²) in [7, 11) is 0. The molecular formula is C10H14N2O. The first-order valence-electron chi connectivity index (χ1n) is 4.72. The Kier molecular flexibility index (Phi) is 2.08. The molecule has 0 aromatic carbocycles. The first-order chi connectivity index (χ1) is 6.29. The van der Waals surface area contributed by atoms with Gasteiger partial charge in [-0.05, 0) is 30.9 Å². The van der Waals surface area contributed by atoms with Crippen LogP contribution < -0.4 is 11.1 Å². The number of carbonyl (C=O) groups excluding carboxylic acids is 1. The molecule has 13 heavy (non-hydrogen) atoms. The van der Waals surface area contributed by atoms with E-state index >= 15 is 0 Å². The van der Waals surface area contributed by atoms with E-state index < -0.39 is 0 Å². The van der Waals surface area contributed by atoms with Crippen molar-refractivity contribution in [3.05, 3.63) is 23.4 Å². The molecule has 1 atom stereocenters. The van der Waals surface area contributed by atoms with E-state index in [0.717, 1.165) is 25.0 Å². The molecule has 0 saturated heterocycles. The molecule has 3 N–H and O–H groups in total. The normalized spacial score (nSPS) is 26.6. The van der Waals surface area contributed by atoms with Gasteiger partial charge in [-0.25, -0.2) is 0 Å². The highest BCUT2D eigenvalue weighted by Gasteiger charge is 2.28. The van der Waals surface area contributed by atoms with E-state index in [-0.39, 0.29) is 11.8 Å². The molecule has 1 heterocycles. The van der Waals surface area contributed by atoms with E-state index in [1.165, 1.54) is 5.57 Å². The maximum absolute atomic E-state index is 11.1. The molecule has 0 saturated carbocycles. The fourth-order valence-corrected chi connectivity index (χ4v) is 2.00. The molecule has 2 rings (SSSR count). The zero-order valence-corrected chi connectivity index (χ0v) is 7.55. The number of hydrogen-bond donors (Lipinski definition) is 2. The van der Waals surface area contributed by atoms with Gasteiger partial charge in [0.15, 0.2) is 0 Å². The van der Waals surface area contributed by atoms with Crippen molar-refractivity contribution in [1.82, 2.24) is 5.32 Å². The molecule has 1 aliphatic heterocycles. The van der Waals surface area contributed by atoms with E-state index in [1.54, 1.807) is 0 Å². The first-order valence-corrected chi connectivity index (χ1v) is 4.72. The second-order valence-electron chi connectivity index (χ2n) is 3.57. The Morgan fingerprint density at radius 2 is 2.46 bits per heavy atom. The maximum atomic E-state index is 11.1. The van der Waals surface area contributed by atoms with Gasteiger partial charge in [0.1, 0.15) is 0 Å². The summed E-state index contributed by atoms with van der Waals surface area (Å²) in [5.74, 6) is -0.273. The third kappa shape index (κ3) is 1.46. The zero-order valence-electron chi connectivity index (χ0n) is 7.55. The number of hydrogen-bond acceptors (Lipinski definition) is 2. The fourth-order valence-electron chi connectivity index (χ4n) is 2.00. The van der Waals surface area contributed by atoms with Crippen molar-refractivity contribution >= 4 is 5.91 Å². The smallest absolute Gasteiger partial charge is 0.226 e. The summed E-state index contributed by atoms with van der Waals surface area (Å²) in [5.41, 5.74) is 7.65. The number of rotatable bonds is 1. The third-order valence-electron chi connectivity index (χ3n) is 2.71. The van der Waals surface area contributed by atoms with Gasteiger partial charge in [-0.3, -0.25) is 4.79 Å². The van der Waals surface area contributed by atoms with E-state index in [4.69, 9.17) is 5.73 Å². The fraction of sp³-hybridized carbons (Fsp3) is 0.500. The Bertz CT molecular complexity index is 291. The van der Waals surface area contributed by atoms with Gasteiger partial charge in [-0.1, -0.05) is 6.08 Å². The Balaban J connectivity index is 2.26. The zero-order chi connectivity index (χ0) is 9.26. The van der Waals surface area contributed by atoms with E-state index in [9.17, 15) is 4.79 Å². The van der Waals surface area contributed by atoms with Gasteiger partial charge in [0.2, 0.25) is 5.91 Å². The lowest BCUT2D eigenvalue weighted by Crippen LogP contribution is -2.27. The van der Waals surface area contributed by atoms with Crippen LogP contribution >= 0.6 is 0 Å². The van der Waals surface area contributed by atoms with Crippen molar-refractivity contribution in [3.8, 4) is 0 Å². The minimum atomic E-state index is -0.201. The summed E-state index contributed by atoms with van der Waals surface area (Å²) >= 11 is 0. The molecule has 0 bridgehead atoms. The highest BCUT2D eigenvalue weighted by Crippen LogP contribution is 2.28. The predicted molar refractivity (Wildman–Crippen MR) is 50.7 cm³/mol. The van der Waals surface area contributed by atoms with Gasteiger partial charge < -0.3 is 11.1 Å². The lowest BCUT2D eigenvalue weighted by molar-refractivity contribution is -0.120. The predicted octanol–water partition coefficient (Wildman–Crippen LogP) is 0.685. The molecular weight excluding hydrogens is 164 g/mol. The van der Waals surface area contributed by atoms with Crippen LogP contribution in [0.4, 0.5) is 0 Å². The molecule has 3 heteroatoms. The number of amides is 1.